The fraction of sp³-hybridized carbons (Fsp3) is 0.404. The number of piperazine rings is 2. The lowest BCUT2D eigenvalue weighted by Gasteiger charge is -2.32. The summed E-state index contributed by atoms with van der Waals surface area (Å²) in [5, 5.41) is 34.1. The van der Waals surface area contributed by atoms with Gasteiger partial charge in [0.25, 0.3) is 23.6 Å². The van der Waals surface area contributed by atoms with E-state index in [1.807, 2.05) is 65.9 Å². The van der Waals surface area contributed by atoms with Crippen LogP contribution < -0.4 is 37.2 Å². The predicted molar refractivity (Wildman–Crippen MR) is 446 cm³/mol. The Morgan fingerprint density at radius 1 is 0.482 bits per heavy atom. The number of nitrogens with zero attached hydrogens (tertiary/aromatic N) is 9. The van der Waals surface area contributed by atoms with Crippen molar-refractivity contribution in [3.05, 3.63) is 224 Å². The summed E-state index contributed by atoms with van der Waals surface area (Å²) in [6.07, 6.45) is 9.56. The summed E-state index contributed by atoms with van der Waals surface area (Å²) in [7, 11) is 4.34. The molecule has 0 atom stereocenters. The lowest BCUT2D eigenvalue weighted by atomic mass is 9.98. The maximum atomic E-state index is 13.6. The van der Waals surface area contributed by atoms with E-state index in [0.29, 0.717) is 86.6 Å². The van der Waals surface area contributed by atoms with Gasteiger partial charge in [-0.3, -0.25) is 28.9 Å². The van der Waals surface area contributed by atoms with Gasteiger partial charge in [-0.05, 0) is 180 Å². The first kappa shape index (κ1) is 82.4. The molecular formula is C89H112N16O7. The number of aryl methyl sites for hydroxylation is 6. The van der Waals surface area contributed by atoms with Crippen LogP contribution in [0.2, 0.25) is 0 Å². The van der Waals surface area contributed by atoms with Crippen molar-refractivity contribution in [2.24, 2.45) is 0 Å². The van der Waals surface area contributed by atoms with Gasteiger partial charge in [0, 0.05) is 187 Å². The number of benzene rings is 6. The predicted octanol–water partition coefficient (Wildman–Crippen LogP) is 12.6. The van der Waals surface area contributed by atoms with Crippen molar-refractivity contribution in [3.63, 3.8) is 0 Å². The van der Waals surface area contributed by atoms with Crippen LogP contribution in [0.4, 0.5) is 11.4 Å². The number of carbonyl (C=O) groups excluding carboxylic acids is 5. The van der Waals surface area contributed by atoms with E-state index in [9.17, 15) is 24.0 Å². The van der Waals surface area contributed by atoms with Crippen LogP contribution in [-0.4, -0.2) is 179 Å². The highest BCUT2D eigenvalue weighted by molar-refractivity contribution is 6.01. The van der Waals surface area contributed by atoms with Crippen molar-refractivity contribution in [2.75, 3.05) is 104 Å². The number of aldehydes is 1. The molecule has 14 rings (SSSR count). The van der Waals surface area contributed by atoms with E-state index in [2.05, 4.69) is 152 Å². The summed E-state index contributed by atoms with van der Waals surface area (Å²) in [5.41, 5.74) is 19.2. The zero-order valence-corrected chi connectivity index (χ0v) is 65.6. The van der Waals surface area contributed by atoms with Crippen molar-refractivity contribution in [1.29, 1.82) is 0 Å². The fourth-order valence-corrected chi connectivity index (χ4v) is 14.9. The Kier molecular flexibility index (Phi) is 29.5. The number of pyridine rings is 2. The van der Waals surface area contributed by atoms with Crippen molar-refractivity contribution in [1.82, 2.24) is 70.8 Å². The first-order valence-corrected chi connectivity index (χ1v) is 39.5. The first-order chi connectivity index (χ1) is 54.0. The quantitative estimate of drug-likeness (QED) is 0.0262. The maximum absolute atomic E-state index is 13.6. The zero-order chi connectivity index (χ0) is 77.8. The molecule has 4 saturated heterocycles. The molecule has 7 N–H and O–H groups in total. The van der Waals surface area contributed by atoms with E-state index in [-0.39, 0.29) is 49.7 Å². The van der Waals surface area contributed by atoms with Gasteiger partial charge in [-0.2, -0.15) is 10.2 Å². The Hall–Kier alpha value is -10.5. The molecule has 10 aromatic rings. The zero-order valence-electron chi connectivity index (χ0n) is 65.6. The van der Waals surface area contributed by atoms with Gasteiger partial charge in [0.15, 0.2) is 11.3 Å². The largest absolute Gasteiger partial charge is 0.381 e. The van der Waals surface area contributed by atoms with Crippen LogP contribution in [0.5, 0.6) is 0 Å². The highest BCUT2D eigenvalue weighted by Gasteiger charge is 2.26. The summed E-state index contributed by atoms with van der Waals surface area (Å²) in [4.78, 5) is 82.3. The van der Waals surface area contributed by atoms with E-state index >= 15 is 0 Å². The van der Waals surface area contributed by atoms with Crippen LogP contribution in [0.1, 0.15) is 163 Å². The normalized spacial score (nSPS) is 15.1. The third kappa shape index (κ3) is 21.6. The van der Waals surface area contributed by atoms with Crippen LogP contribution >= 0.6 is 0 Å². The number of ether oxygens (including phenoxy) is 2. The number of carbonyl (C=O) groups is 5. The average Bonchev–Trinajstić information content (AvgIpc) is 1.16. The molecule has 6 aromatic carbocycles. The lowest BCUT2D eigenvalue weighted by molar-refractivity contribution is 0.0903. The second-order valence-electron chi connectivity index (χ2n) is 29.4. The van der Waals surface area contributed by atoms with Crippen LogP contribution in [0, 0.1) is 13.8 Å². The van der Waals surface area contributed by atoms with E-state index in [1.54, 1.807) is 54.6 Å². The molecule has 4 aliphatic heterocycles. The number of anilines is 2. The van der Waals surface area contributed by atoms with Crippen LogP contribution in [0.25, 0.3) is 44.3 Å². The lowest BCUT2D eigenvalue weighted by Crippen LogP contribution is -2.43. The monoisotopic (exact) mass is 1520 g/mol. The van der Waals surface area contributed by atoms with Crippen molar-refractivity contribution < 1.29 is 33.4 Å². The molecular weight excluding hydrogens is 1410 g/mol. The number of hydrogen-bond acceptors (Lipinski definition) is 17. The Morgan fingerprint density at radius 3 is 1.31 bits per heavy atom. The van der Waals surface area contributed by atoms with Gasteiger partial charge in [0.2, 0.25) is 0 Å². The molecule has 0 aliphatic carbocycles. The summed E-state index contributed by atoms with van der Waals surface area (Å²) in [6.45, 7) is 27.9. The number of aromatic nitrogens is 6. The molecule has 112 heavy (non-hydrogen) atoms. The van der Waals surface area contributed by atoms with Gasteiger partial charge < -0.3 is 56.5 Å². The van der Waals surface area contributed by atoms with E-state index in [1.165, 1.54) is 24.2 Å². The molecule has 23 nitrogen and oxygen atoms in total. The van der Waals surface area contributed by atoms with Crippen molar-refractivity contribution >= 4 is 63.4 Å². The molecule has 4 amide bonds. The minimum atomic E-state index is -0.279. The van der Waals surface area contributed by atoms with E-state index in [0.717, 1.165) is 186 Å². The maximum Gasteiger partial charge on any atom is 0.251 e. The van der Waals surface area contributed by atoms with Crippen molar-refractivity contribution in [3.8, 4) is 22.3 Å². The number of likely N-dealkylation sites (N-methyl/N-ethyl adjacent to an activating group) is 2. The van der Waals surface area contributed by atoms with Crippen LogP contribution in [0.3, 0.4) is 0 Å². The molecule has 590 valence electrons. The molecule has 23 heteroatoms. The first-order valence-electron chi connectivity index (χ1n) is 39.5. The third-order valence-electron chi connectivity index (χ3n) is 21.1. The number of nitrogens with one attached hydrogen (secondary N) is 7. The van der Waals surface area contributed by atoms with Gasteiger partial charge in [-0.1, -0.05) is 105 Å². The minimum Gasteiger partial charge on any atom is -0.381 e. The van der Waals surface area contributed by atoms with E-state index < -0.39 is 0 Å². The molecule has 8 heterocycles. The Bertz CT molecular complexity index is 4870. The van der Waals surface area contributed by atoms with Crippen molar-refractivity contribution in [2.45, 2.75) is 145 Å². The van der Waals surface area contributed by atoms with Crippen LogP contribution in [0.15, 0.2) is 146 Å². The Labute approximate surface area is 659 Å². The number of hydrogen-bond donors (Lipinski definition) is 7. The average molecular weight is 1520 g/mol. The van der Waals surface area contributed by atoms with Gasteiger partial charge in [-0.25, -0.2) is 19.3 Å². The minimum absolute atomic E-state index is 0. The molecule has 0 bridgehead atoms. The number of fused-ring (bicyclic) bond motifs is 2. The van der Waals surface area contributed by atoms with Gasteiger partial charge >= 0.3 is 0 Å². The third-order valence-corrected chi connectivity index (χ3v) is 21.1. The summed E-state index contributed by atoms with van der Waals surface area (Å²) >= 11 is 0. The standard InChI is InChI=1S/C44H54N8O3.C39H42N6O4.C5H12N2.CH4/c1-5-40-38(41(48-37-13-19-55-20-14-37)39-28-47-52(6-2)42(39)49-40)27-46-44(54)35-12-8-11-34(25-35)43(53)45-26-32-21-30(3)22-36(24-32)33-10-7-9-31(23-33)29-51-17-15-50(4)16-18-51;1-4-35-33(36(43-32-12-14-49-15-13-32)34-23-42-45(5-2)37(34)44-35)22-41-39(48)30-11-7-10-29(20-30)38(47)40-21-27-16-25(3)17-31(19-27)28-9-6-8-26(18-28)24-46;1-7-4-2-6-3-5-7;/h7-12,21-25,28,37H,5-6,13-20,26-27,29H2,1-4H3,(H,45,53)(H,46,54)(H,48,49);6-11,16-20,23-24,32H,4-5,12-15,21-22H2,1-3H3,(H,40,47)(H,41,48)(H,43,44);6H,2-5H2,1H3;1H4. The molecule has 0 saturated carbocycles. The molecule has 0 unspecified atom stereocenters. The molecule has 0 radical (unpaired) electrons. The fourth-order valence-electron chi connectivity index (χ4n) is 14.9. The second-order valence-corrected chi connectivity index (χ2v) is 29.4. The van der Waals surface area contributed by atoms with E-state index in [4.69, 9.17) is 19.4 Å². The topological polar surface area (TPSA) is 259 Å². The smallest absolute Gasteiger partial charge is 0.251 e. The molecule has 4 aliphatic rings. The number of amides is 4. The van der Waals surface area contributed by atoms with Gasteiger partial charge in [0.05, 0.1) is 34.5 Å². The Balaban J connectivity index is 0.000000203. The molecule has 4 aromatic heterocycles. The molecule has 4 fully saturated rings. The highest BCUT2D eigenvalue weighted by atomic mass is 16.5. The highest BCUT2D eigenvalue weighted by Crippen LogP contribution is 2.34. The number of rotatable bonds is 25. The van der Waals surface area contributed by atoms with Crippen LogP contribution in [-0.2, 0) is 68.1 Å². The van der Waals surface area contributed by atoms with Gasteiger partial charge in [0.1, 0.15) is 6.29 Å². The SMILES string of the molecule is C.CCc1nc2c(cnn2CC)c(NC2CCOCC2)c1CNC(=O)c1cccc(C(=O)NCc2cc(C)cc(-c3cccc(C=O)c3)c2)c1.CCc1nc2c(cnn2CC)c(NC2CCOCC2)c1CNC(=O)c1cccc(C(=O)NCc2cc(C)cc(-c3cccc(CN4CCN(C)CC4)c3)c2)c1.CN1CCNCC1. The Morgan fingerprint density at radius 2 is 0.893 bits per heavy atom. The second kappa shape index (κ2) is 40.1. The summed E-state index contributed by atoms with van der Waals surface area (Å²) < 4.78 is 15.0. The van der Waals surface area contributed by atoms with Gasteiger partial charge in [-0.15, -0.1) is 0 Å². The summed E-state index contributed by atoms with van der Waals surface area (Å²) in [6, 6.07) is 42.9. The molecule has 0 spiro atoms. The summed E-state index contributed by atoms with van der Waals surface area (Å²) in [5.74, 6) is -1.04.